The predicted molar refractivity (Wildman–Crippen MR) is 95.1 cm³/mol. The maximum absolute atomic E-state index is 6.02. The molecule has 4 rings (SSSR count). The van der Waals surface area contributed by atoms with Crippen molar-refractivity contribution >= 4 is 11.3 Å². The molecule has 0 bridgehead atoms. The van der Waals surface area contributed by atoms with Gasteiger partial charge in [0.05, 0.1) is 35.9 Å². The third-order valence-corrected chi connectivity index (χ3v) is 6.10. The summed E-state index contributed by atoms with van der Waals surface area (Å²) in [7, 11) is 2.10. The van der Waals surface area contributed by atoms with Crippen LogP contribution in [-0.4, -0.2) is 39.1 Å². The van der Waals surface area contributed by atoms with Crippen LogP contribution in [0.3, 0.4) is 0 Å². The van der Waals surface area contributed by atoms with Gasteiger partial charge in [0.25, 0.3) is 0 Å². The van der Waals surface area contributed by atoms with E-state index in [0.29, 0.717) is 12.5 Å². The fourth-order valence-corrected chi connectivity index (χ4v) is 4.50. The molecule has 2 aromatic heterocycles. The number of thiazole rings is 1. The maximum Gasteiger partial charge on any atom is 0.0949 e. The van der Waals surface area contributed by atoms with Gasteiger partial charge >= 0.3 is 0 Å². The number of nitrogens with zero attached hydrogens (tertiary/aromatic N) is 4. The fourth-order valence-electron chi connectivity index (χ4n) is 3.90. The van der Waals surface area contributed by atoms with Crippen LogP contribution < -0.4 is 0 Å². The van der Waals surface area contributed by atoms with E-state index in [1.165, 1.54) is 37.2 Å². The average Bonchev–Trinajstić information content (AvgIpc) is 3.10. The van der Waals surface area contributed by atoms with Crippen molar-refractivity contribution in [3.63, 3.8) is 0 Å². The Kier molecular flexibility index (Phi) is 4.70. The van der Waals surface area contributed by atoms with Gasteiger partial charge in [0.15, 0.2) is 0 Å². The van der Waals surface area contributed by atoms with Gasteiger partial charge in [-0.3, -0.25) is 4.90 Å². The summed E-state index contributed by atoms with van der Waals surface area (Å²) in [5.41, 5.74) is 3.64. The molecule has 2 aliphatic rings. The molecule has 1 saturated carbocycles. The molecule has 1 fully saturated rings. The summed E-state index contributed by atoms with van der Waals surface area (Å²) >= 11 is 1.69. The molecular formula is C18H26N4OS. The van der Waals surface area contributed by atoms with Gasteiger partial charge in [-0.25, -0.2) is 9.97 Å². The number of hydrogen-bond acceptors (Lipinski definition) is 5. The first-order valence-corrected chi connectivity index (χ1v) is 9.78. The smallest absolute Gasteiger partial charge is 0.0949 e. The number of aryl methyl sites for hydroxylation is 2. The first-order valence-electron chi connectivity index (χ1n) is 8.90. The summed E-state index contributed by atoms with van der Waals surface area (Å²) in [6.07, 6.45) is 6.16. The SMILES string of the molecule is Cc1nc(COCC2CN(CC3CCC3)Cc3ncn(C)c32)cs1. The van der Waals surface area contributed by atoms with Crippen molar-refractivity contribution in [2.45, 2.75) is 45.3 Å². The van der Waals surface area contributed by atoms with Crippen molar-refractivity contribution in [1.29, 1.82) is 0 Å². The van der Waals surface area contributed by atoms with Gasteiger partial charge < -0.3 is 9.30 Å². The van der Waals surface area contributed by atoms with E-state index in [0.717, 1.165) is 36.3 Å². The van der Waals surface area contributed by atoms with Crippen molar-refractivity contribution < 1.29 is 4.74 Å². The molecule has 0 amide bonds. The molecule has 130 valence electrons. The van der Waals surface area contributed by atoms with E-state index in [1.54, 1.807) is 11.3 Å². The zero-order chi connectivity index (χ0) is 16.5. The Hall–Kier alpha value is -1.24. The predicted octanol–water partition coefficient (Wildman–Crippen LogP) is 3.10. The van der Waals surface area contributed by atoms with Gasteiger partial charge in [0, 0.05) is 43.7 Å². The highest BCUT2D eigenvalue weighted by atomic mass is 32.1. The first kappa shape index (κ1) is 16.2. The van der Waals surface area contributed by atoms with Crippen LogP contribution in [-0.2, 0) is 24.9 Å². The minimum absolute atomic E-state index is 0.404. The highest BCUT2D eigenvalue weighted by Gasteiger charge is 2.31. The minimum atomic E-state index is 0.404. The third-order valence-electron chi connectivity index (χ3n) is 5.28. The van der Waals surface area contributed by atoms with Crippen LogP contribution in [0, 0.1) is 12.8 Å². The van der Waals surface area contributed by atoms with Crippen LogP contribution in [0.5, 0.6) is 0 Å². The lowest BCUT2D eigenvalue weighted by Crippen LogP contribution is -2.40. The second kappa shape index (κ2) is 6.94. The lowest BCUT2D eigenvalue weighted by Gasteiger charge is -2.37. The molecule has 0 radical (unpaired) electrons. The zero-order valence-electron chi connectivity index (χ0n) is 14.6. The molecule has 0 N–H and O–H groups in total. The van der Waals surface area contributed by atoms with E-state index < -0.39 is 0 Å². The van der Waals surface area contributed by atoms with E-state index in [-0.39, 0.29) is 0 Å². The number of fused-ring (bicyclic) bond motifs is 1. The number of imidazole rings is 1. The zero-order valence-corrected chi connectivity index (χ0v) is 15.4. The average molecular weight is 346 g/mol. The lowest BCUT2D eigenvalue weighted by atomic mass is 9.84. The number of ether oxygens (including phenoxy) is 1. The molecule has 5 nitrogen and oxygen atoms in total. The Morgan fingerprint density at radius 3 is 2.96 bits per heavy atom. The lowest BCUT2D eigenvalue weighted by molar-refractivity contribution is 0.0744. The molecule has 2 aromatic rings. The molecule has 1 atom stereocenters. The largest absolute Gasteiger partial charge is 0.374 e. The summed E-state index contributed by atoms with van der Waals surface area (Å²) in [6, 6.07) is 0. The summed E-state index contributed by atoms with van der Waals surface area (Å²) in [5.74, 6) is 1.30. The van der Waals surface area contributed by atoms with Gasteiger partial charge in [-0.2, -0.15) is 0 Å². The Balaban J connectivity index is 1.40. The number of hydrogen-bond donors (Lipinski definition) is 0. The second-order valence-corrected chi connectivity index (χ2v) is 8.31. The van der Waals surface area contributed by atoms with Crippen LogP contribution in [0.25, 0.3) is 0 Å². The van der Waals surface area contributed by atoms with Crippen LogP contribution in [0.2, 0.25) is 0 Å². The van der Waals surface area contributed by atoms with Crippen LogP contribution >= 0.6 is 11.3 Å². The summed E-state index contributed by atoms with van der Waals surface area (Å²) < 4.78 is 8.20. The fraction of sp³-hybridized carbons (Fsp3) is 0.667. The number of rotatable bonds is 6. The topological polar surface area (TPSA) is 43.2 Å². The maximum atomic E-state index is 6.02. The van der Waals surface area contributed by atoms with Gasteiger partial charge in [0.2, 0.25) is 0 Å². The quantitative estimate of drug-likeness (QED) is 0.806. The summed E-state index contributed by atoms with van der Waals surface area (Å²) in [4.78, 5) is 11.7. The molecule has 1 aliphatic carbocycles. The van der Waals surface area contributed by atoms with Crippen molar-refractivity contribution in [2.75, 3.05) is 19.7 Å². The number of aromatic nitrogens is 3. The van der Waals surface area contributed by atoms with Crippen molar-refractivity contribution in [1.82, 2.24) is 19.4 Å². The first-order chi connectivity index (χ1) is 11.7. The van der Waals surface area contributed by atoms with Gasteiger partial charge in [-0.15, -0.1) is 11.3 Å². The normalized spacial score (nSPS) is 21.7. The van der Waals surface area contributed by atoms with Crippen molar-refractivity contribution in [2.24, 2.45) is 13.0 Å². The van der Waals surface area contributed by atoms with Crippen molar-refractivity contribution in [3.05, 3.63) is 33.8 Å². The second-order valence-electron chi connectivity index (χ2n) is 7.25. The van der Waals surface area contributed by atoms with E-state index >= 15 is 0 Å². The van der Waals surface area contributed by atoms with E-state index in [4.69, 9.17) is 4.74 Å². The highest BCUT2D eigenvalue weighted by molar-refractivity contribution is 7.09. The molecule has 24 heavy (non-hydrogen) atoms. The molecular weight excluding hydrogens is 320 g/mol. The highest BCUT2D eigenvalue weighted by Crippen LogP contribution is 2.32. The van der Waals surface area contributed by atoms with E-state index in [9.17, 15) is 0 Å². The monoisotopic (exact) mass is 346 g/mol. The van der Waals surface area contributed by atoms with E-state index in [2.05, 4.69) is 31.9 Å². The minimum Gasteiger partial charge on any atom is -0.374 e. The molecule has 3 heterocycles. The molecule has 1 aliphatic heterocycles. The van der Waals surface area contributed by atoms with E-state index in [1.807, 2.05) is 13.3 Å². The Morgan fingerprint density at radius 2 is 2.25 bits per heavy atom. The van der Waals surface area contributed by atoms with Crippen LogP contribution in [0.4, 0.5) is 0 Å². The third kappa shape index (κ3) is 3.41. The van der Waals surface area contributed by atoms with Gasteiger partial charge in [-0.05, 0) is 25.7 Å². The molecule has 0 aromatic carbocycles. The summed E-state index contributed by atoms with van der Waals surface area (Å²) in [6.45, 7) is 6.68. The Bertz CT molecular complexity index is 691. The summed E-state index contributed by atoms with van der Waals surface area (Å²) in [5, 5.41) is 3.20. The molecule has 0 saturated heterocycles. The molecule has 1 unspecified atom stereocenters. The molecule has 0 spiro atoms. The van der Waals surface area contributed by atoms with Crippen LogP contribution in [0.15, 0.2) is 11.7 Å². The molecule has 6 heteroatoms. The van der Waals surface area contributed by atoms with Gasteiger partial charge in [-0.1, -0.05) is 6.42 Å². The van der Waals surface area contributed by atoms with Crippen LogP contribution in [0.1, 0.15) is 47.3 Å². The van der Waals surface area contributed by atoms with Gasteiger partial charge in [0.1, 0.15) is 0 Å². The standard InChI is InChI=1S/C18H26N4OS/c1-13-20-16(11-24-13)10-23-9-15-7-22(6-14-4-3-5-14)8-17-18(15)21(2)12-19-17/h11-12,14-15H,3-10H2,1-2H3. The van der Waals surface area contributed by atoms with Crippen molar-refractivity contribution in [3.8, 4) is 0 Å². The Morgan fingerprint density at radius 1 is 1.38 bits per heavy atom. The Labute approximate surface area is 147 Å².